The third kappa shape index (κ3) is 7.52. The van der Waals surface area contributed by atoms with E-state index in [0.717, 1.165) is 0 Å². The van der Waals surface area contributed by atoms with Crippen molar-refractivity contribution in [1.82, 2.24) is 0 Å². The van der Waals surface area contributed by atoms with E-state index in [0.29, 0.717) is 11.1 Å². The van der Waals surface area contributed by atoms with Gasteiger partial charge in [-0.05, 0) is 10.8 Å². The van der Waals surface area contributed by atoms with Crippen LogP contribution in [0.3, 0.4) is 0 Å². The van der Waals surface area contributed by atoms with Gasteiger partial charge in [-0.1, -0.05) is 59.7 Å². The van der Waals surface area contributed by atoms with Crippen molar-refractivity contribution in [3.8, 4) is 5.75 Å². The Hall–Kier alpha value is 1.17. The van der Waals surface area contributed by atoms with E-state index in [4.69, 9.17) is 4.52 Å². The predicted molar refractivity (Wildman–Crippen MR) is 72.1 cm³/mol. The van der Waals surface area contributed by atoms with Crippen LogP contribution in [0.5, 0.6) is 5.75 Å². The topological polar surface area (TPSA) is 72.4 Å². The molecule has 0 atom stereocenters. The monoisotopic (exact) mass is 330 g/mol. The van der Waals surface area contributed by atoms with Crippen molar-refractivity contribution in [2.75, 3.05) is 0 Å². The van der Waals surface area contributed by atoms with Crippen molar-refractivity contribution in [1.29, 1.82) is 0 Å². The normalized spacial score (nSPS) is 12.2. The molecular formula is C14H21Na2O4P. The zero-order chi connectivity index (χ0) is 15.1. The van der Waals surface area contributed by atoms with Crippen molar-refractivity contribution < 1.29 is 78.0 Å². The first-order chi connectivity index (χ1) is 8.32. The van der Waals surface area contributed by atoms with Gasteiger partial charge >= 0.3 is 59.1 Å². The van der Waals surface area contributed by atoms with Crippen LogP contribution in [-0.4, -0.2) is 0 Å². The Morgan fingerprint density at radius 2 is 1.24 bits per heavy atom. The molecule has 0 spiro atoms. The number of phosphoric acid groups is 1. The Bertz CT molecular complexity index is 480. The fraction of sp³-hybridized carbons (Fsp3) is 0.571. The molecule has 0 aliphatic heterocycles. The van der Waals surface area contributed by atoms with Gasteiger partial charge in [0.1, 0.15) is 13.6 Å². The number of hydrogen-bond donors (Lipinski definition) is 0. The van der Waals surface area contributed by atoms with E-state index in [2.05, 4.69) is 0 Å². The maximum absolute atomic E-state index is 11.0. The van der Waals surface area contributed by atoms with Crippen molar-refractivity contribution in [3.05, 3.63) is 29.3 Å². The minimum absolute atomic E-state index is 0. The second-order valence-electron chi connectivity index (χ2n) is 6.72. The molecule has 0 amide bonds. The summed E-state index contributed by atoms with van der Waals surface area (Å²) >= 11 is 0. The zero-order valence-corrected chi connectivity index (χ0v) is 19.2. The Kier molecular flexibility index (Phi) is 9.68. The molecule has 7 heteroatoms. The van der Waals surface area contributed by atoms with Gasteiger partial charge in [-0.25, -0.2) is 0 Å². The average molecular weight is 330 g/mol. The van der Waals surface area contributed by atoms with E-state index in [1.54, 1.807) is 12.1 Å². The molecule has 0 saturated carbocycles. The summed E-state index contributed by atoms with van der Waals surface area (Å²) in [5.74, 6) is 0.177. The molecule has 0 radical (unpaired) electrons. The van der Waals surface area contributed by atoms with Gasteiger partial charge < -0.3 is 18.9 Å². The van der Waals surface area contributed by atoms with Gasteiger partial charge in [0, 0.05) is 11.1 Å². The summed E-state index contributed by atoms with van der Waals surface area (Å²) in [5, 5.41) is 0. The summed E-state index contributed by atoms with van der Waals surface area (Å²) in [6.45, 7) is 11.7. The van der Waals surface area contributed by atoms with Crippen LogP contribution in [0.2, 0.25) is 0 Å². The number of rotatable bonds is 2. The van der Waals surface area contributed by atoms with Crippen LogP contribution in [0.1, 0.15) is 52.7 Å². The van der Waals surface area contributed by atoms with Crippen molar-refractivity contribution in [2.24, 2.45) is 0 Å². The fourth-order valence-corrected chi connectivity index (χ4v) is 2.35. The van der Waals surface area contributed by atoms with Crippen molar-refractivity contribution >= 4 is 7.82 Å². The Morgan fingerprint density at radius 1 is 0.905 bits per heavy atom. The van der Waals surface area contributed by atoms with Gasteiger partial charge in [0.2, 0.25) is 0 Å². The molecule has 0 heterocycles. The SMILES string of the molecule is CC(C)(C)c1cccc(C(C)(C)C)c1OP(=O)([O-])[O-].[Na+].[Na+]. The standard InChI is InChI=1S/C14H23O4P.2Na/c1-13(2,3)10-8-7-9-11(14(4,5)6)12(10)18-19(15,16)17;;/h7-9H,1-6H3,(H2,15,16,17);;/q;2*+1/p-2. The van der Waals surface area contributed by atoms with Gasteiger partial charge in [-0.15, -0.1) is 0 Å². The van der Waals surface area contributed by atoms with Gasteiger partial charge in [0.15, 0.2) is 0 Å². The number of hydrogen-bond acceptors (Lipinski definition) is 4. The van der Waals surface area contributed by atoms with E-state index in [9.17, 15) is 14.4 Å². The average Bonchev–Trinajstić information content (AvgIpc) is 2.11. The quantitative estimate of drug-likeness (QED) is 0.417. The maximum Gasteiger partial charge on any atom is 1.00 e. The second-order valence-corrected chi connectivity index (χ2v) is 7.80. The molecule has 0 aliphatic carbocycles. The molecule has 1 aromatic rings. The molecule has 0 aromatic heterocycles. The number of benzene rings is 1. The summed E-state index contributed by atoms with van der Waals surface area (Å²) in [5.41, 5.74) is 0.802. The first kappa shape index (κ1) is 24.4. The van der Waals surface area contributed by atoms with Gasteiger partial charge in [-0.2, -0.15) is 0 Å². The fourth-order valence-electron chi connectivity index (χ4n) is 1.93. The van der Waals surface area contributed by atoms with Crippen LogP contribution in [0, 0.1) is 0 Å². The minimum atomic E-state index is -5.08. The Morgan fingerprint density at radius 3 is 1.48 bits per heavy atom. The summed E-state index contributed by atoms with van der Waals surface area (Å²) in [6, 6.07) is 5.44. The molecule has 0 saturated heterocycles. The van der Waals surface area contributed by atoms with Crippen LogP contribution >= 0.6 is 7.82 Å². The van der Waals surface area contributed by atoms with E-state index in [1.807, 2.05) is 47.6 Å². The van der Waals surface area contributed by atoms with E-state index < -0.39 is 7.82 Å². The Labute approximate surface area is 171 Å². The smallest absolute Gasteiger partial charge is 0.780 e. The molecule has 21 heavy (non-hydrogen) atoms. The van der Waals surface area contributed by atoms with Crippen molar-refractivity contribution in [3.63, 3.8) is 0 Å². The molecule has 0 N–H and O–H groups in total. The summed E-state index contributed by atoms with van der Waals surface area (Å²) in [6.07, 6.45) is 0. The van der Waals surface area contributed by atoms with E-state index in [1.165, 1.54) is 0 Å². The minimum Gasteiger partial charge on any atom is -0.780 e. The van der Waals surface area contributed by atoms with Crippen LogP contribution in [0.25, 0.3) is 0 Å². The number of phosphoric ester groups is 1. The van der Waals surface area contributed by atoms with Crippen LogP contribution in [-0.2, 0) is 15.4 Å². The summed E-state index contributed by atoms with van der Waals surface area (Å²) in [4.78, 5) is 22.0. The van der Waals surface area contributed by atoms with Gasteiger partial charge in [0.05, 0.1) is 0 Å². The molecule has 4 nitrogen and oxygen atoms in total. The molecule has 0 bridgehead atoms. The summed E-state index contributed by atoms with van der Waals surface area (Å²) in [7, 11) is -5.08. The largest absolute Gasteiger partial charge is 1.00 e. The molecular weight excluding hydrogens is 309 g/mol. The molecule has 1 rings (SSSR count). The van der Waals surface area contributed by atoms with Crippen LogP contribution < -0.4 is 73.4 Å². The molecule has 1 aromatic carbocycles. The molecule has 0 unspecified atom stereocenters. The van der Waals surface area contributed by atoms with E-state index >= 15 is 0 Å². The first-order valence-electron chi connectivity index (χ1n) is 6.18. The zero-order valence-electron chi connectivity index (χ0n) is 14.3. The third-order valence-electron chi connectivity index (χ3n) is 2.83. The van der Waals surface area contributed by atoms with Crippen LogP contribution in [0.4, 0.5) is 0 Å². The predicted octanol–water partition coefficient (Wildman–Crippen LogP) is -3.50. The second kappa shape index (κ2) is 8.32. The third-order valence-corrected chi connectivity index (χ3v) is 3.24. The Balaban J connectivity index is 0. The molecule has 108 valence electrons. The first-order valence-corrected chi connectivity index (χ1v) is 7.64. The summed E-state index contributed by atoms with van der Waals surface area (Å²) < 4.78 is 15.8. The van der Waals surface area contributed by atoms with Crippen LogP contribution in [0.15, 0.2) is 18.2 Å². The molecule has 0 fully saturated rings. The maximum atomic E-state index is 11.0. The number of para-hydroxylation sites is 1. The van der Waals surface area contributed by atoms with Crippen molar-refractivity contribution in [2.45, 2.75) is 52.4 Å². The van der Waals surface area contributed by atoms with Gasteiger partial charge in [0.25, 0.3) is 0 Å². The van der Waals surface area contributed by atoms with Gasteiger partial charge in [-0.3, -0.25) is 0 Å². The molecule has 0 aliphatic rings. The van der Waals surface area contributed by atoms with E-state index in [-0.39, 0.29) is 75.7 Å².